The molecule has 0 aliphatic heterocycles. The standard InChI is InChI=1S/C6H12N2O/c7-6-8-4-2-1-3-5-9/h8-9H,1-5H2. The quantitative estimate of drug-likeness (QED) is 0.316. The van der Waals surface area contributed by atoms with Crippen molar-refractivity contribution >= 4 is 0 Å². The van der Waals surface area contributed by atoms with Crippen LogP contribution in [-0.2, 0) is 0 Å². The van der Waals surface area contributed by atoms with Gasteiger partial charge in [-0.05, 0) is 19.3 Å². The second-order valence-corrected chi connectivity index (χ2v) is 1.82. The summed E-state index contributed by atoms with van der Waals surface area (Å²) in [6.07, 6.45) is 4.63. The Balaban J connectivity index is 2.69. The van der Waals surface area contributed by atoms with E-state index in [4.69, 9.17) is 10.4 Å². The SMILES string of the molecule is N#CNCCCCCO. The van der Waals surface area contributed by atoms with E-state index in [1.165, 1.54) is 0 Å². The molecule has 0 saturated carbocycles. The van der Waals surface area contributed by atoms with E-state index in [1.54, 1.807) is 0 Å². The summed E-state index contributed by atoms with van der Waals surface area (Å²) in [5, 5.41) is 18.9. The van der Waals surface area contributed by atoms with E-state index in [2.05, 4.69) is 5.32 Å². The van der Waals surface area contributed by atoms with Gasteiger partial charge in [0, 0.05) is 13.2 Å². The number of rotatable bonds is 5. The van der Waals surface area contributed by atoms with Crippen molar-refractivity contribution < 1.29 is 5.11 Å². The molecule has 0 atom stereocenters. The monoisotopic (exact) mass is 128 g/mol. The van der Waals surface area contributed by atoms with Crippen molar-refractivity contribution in [1.29, 1.82) is 5.26 Å². The van der Waals surface area contributed by atoms with Crippen molar-refractivity contribution in [2.24, 2.45) is 0 Å². The number of unbranched alkanes of at least 4 members (excludes halogenated alkanes) is 2. The molecule has 0 bridgehead atoms. The van der Waals surface area contributed by atoms with Gasteiger partial charge in [-0.2, -0.15) is 5.26 Å². The third kappa shape index (κ3) is 7.25. The maximum atomic E-state index is 8.34. The van der Waals surface area contributed by atoms with Crippen LogP contribution in [0.4, 0.5) is 0 Å². The highest BCUT2D eigenvalue weighted by atomic mass is 16.2. The Labute approximate surface area is 55.3 Å². The Morgan fingerprint density at radius 3 is 2.67 bits per heavy atom. The lowest BCUT2D eigenvalue weighted by molar-refractivity contribution is 0.283. The van der Waals surface area contributed by atoms with Crippen LogP contribution in [0.25, 0.3) is 0 Å². The van der Waals surface area contributed by atoms with Gasteiger partial charge in [0.25, 0.3) is 0 Å². The van der Waals surface area contributed by atoms with E-state index >= 15 is 0 Å². The molecule has 0 aromatic heterocycles. The topological polar surface area (TPSA) is 56.0 Å². The Hall–Kier alpha value is -0.750. The normalized spacial score (nSPS) is 8.44. The lowest BCUT2D eigenvalue weighted by Crippen LogP contribution is -2.06. The molecule has 0 amide bonds. The third-order valence-electron chi connectivity index (χ3n) is 1.04. The van der Waals surface area contributed by atoms with Gasteiger partial charge in [0.2, 0.25) is 0 Å². The molecule has 0 radical (unpaired) electrons. The van der Waals surface area contributed by atoms with Crippen LogP contribution in [0.5, 0.6) is 0 Å². The Kier molecular flexibility index (Phi) is 6.65. The molecule has 3 heteroatoms. The number of aliphatic hydroxyl groups excluding tert-OH is 1. The molecular formula is C6H12N2O. The van der Waals surface area contributed by atoms with Gasteiger partial charge in [0.15, 0.2) is 6.19 Å². The maximum absolute atomic E-state index is 8.34. The van der Waals surface area contributed by atoms with Crippen LogP contribution in [0.2, 0.25) is 0 Å². The molecule has 0 spiro atoms. The molecule has 0 aromatic carbocycles. The molecule has 0 unspecified atom stereocenters. The van der Waals surface area contributed by atoms with Gasteiger partial charge >= 0.3 is 0 Å². The second-order valence-electron chi connectivity index (χ2n) is 1.82. The number of hydrogen-bond donors (Lipinski definition) is 2. The van der Waals surface area contributed by atoms with Crippen LogP contribution in [0, 0.1) is 11.5 Å². The van der Waals surface area contributed by atoms with Gasteiger partial charge in [0.05, 0.1) is 0 Å². The Morgan fingerprint density at radius 2 is 2.11 bits per heavy atom. The molecular weight excluding hydrogens is 116 g/mol. The predicted octanol–water partition coefficient (Wildman–Crippen LogP) is 0.220. The van der Waals surface area contributed by atoms with Gasteiger partial charge in [-0.3, -0.25) is 0 Å². The first kappa shape index (κ1) is 8.25. The fraction of sp³-hybridized carbons (Fsp3) is 0.833. The van der Waals surface area contributed by atoms with Crippen molar-refractivity contribution in [3.8, 4) is 6.19 Å². The highest BCUT2D eigenvalue weighted by molar-refractivity contribution is 4.63. The largest absolute Gasteiger partial charge is 0.396 e. The third-order valence-corrected chi connectivity index (χ3v) is 1.04. The number of hydrogen-bond acceptors (Lipinski definition) is 3. The van der Waals surface area contributed by atoms with E-state index in [1.807, 2.05) is 6.19 Å². The first-order chi connectivity index (χ1) is 4.41. The summed E-state index contributed by atoms with van der Waals surface area (Å²) >= 11 is 0. The lowest BCUT2D eigenvalue weighted by atomic mass is 10.2. The summed E-state index contributed by atoms with van der Waals surface area (Å²) in [6, 6.07) is 0. The minimum Gasteiger partial charge on any atom is -0.396 e. The smallest absolute Gasteiger partial charge is 0.176 e. The highest BCUT2D eigenvalue weighted by Gasteiger charge is 1.84. The molecule has 2 N–H and O–H groups in total. The van der Waals surface area contributed by atoms with E-state index < -0.39 is 0 Å². The van der Waals surface area contributed by atoms with Crippen molar-refractivity contribution in [3.05, 3.63) is 0 Å². The molecule has 9 heavy (non-hydrogen) atoms. The highest BCUT2D eigenvalue weighted by Crippen LogP contribution is 1.90. The van der Waals surface area contributed by atoms with Crippen molar-refractivity contribution in [3.63, 3.8) is 0 Å². The summed E-state index contributed by atoms with van der Waals surface area (Å²) in [6.45, 7) is 0.989. The fourth-order valence-corrected chi connectivity index (χ4v) is 0.558. The van der Waals surface area contributed by atoms with Gasteiger partial charge in [0.1, 0.15) is 0 Å². The van der Waals surface area contributed by atoms with E-state index in [0.717, 1.165) is 25.8 Å². The zero-order chi connectivity index (χ0) is 6.95. The van der Waals surface area contributed by atoms with Crippen LogP contribution in [-0.4, -0.2) is 18.3 Å². The molecule has 0 rings (SSSR count). The summed E-state index contributed by atoms with van der Waals surface area (Å²) in [7, 11) is 0. The number of nitrogens with zero attached hydrogens (tertiary/aromatic N) is 1. The van der Waals surface area contributed by atoms with Gasteiger partial charge in [-0.25, -0.2) is 0 Å². The van der Waals surface area contributed by atoms with Gasteiger partial charge < -0.3 is 10.4 Å². The lowest BCUT2D eigenvalue weighted by Gasteiger charge is -1.94. The minimum atomic E-state index is 0.257. The van der Waals surface area contributed by atoms with Crippen LogP contribution < -0.4 is 5.32 Å². The van der Waals surface area contributed by atoms with Crippen LogP contribution >= 0.6 is 0 Å². The minimum absolute atomic E-state index is 0.257. The predicted molar refractivity (Wildman–Crippen MR) is 34.6 cm³/mol. The molecule has 0 saturated heterocycles. The molecule has 52 valence electrons. The van der Waals surface area contributed by atoms with Crippen LogP contribution in [0.1, 0.15) is 19.3 Å². The van der Waals surface area contributed by atoms with E-state index in [-0.39, 0.29) is 6.61 Å². The Bertz CT molecular complexity index is 87.5. The zero-order valence-corrected chi connectivity index (χ0v) is 5.43. The number of nitrogens with one attached hydrogen (secondary N) is 1. The molecule has 0 fully saturated rings. The van der Waals surface area contributed by atoms with Crippen LogP contribution in [0.15, 0.2) is 0 Å². The first-order valence-electron chi connectivity index (χ1n) is 3.14. The van der Waals surface area contributed by atoms with Crippen LogP contribution in [0.3, 0.4) is 0 Å². The van der Waals surface area contributed by atoms with Crippen molar-refractivity contribution in [2.45, 2.75) is 19.3 Å². The van der Waals surface area contributed by atoms with Gasteiger partial charge in [-0.1, -0.05) is 0 Å². The molecule has 3 nitrogen and oxygen atoms in total. The average molecular weight is 128 g/mol. The zero-order valence-electron chi connectivity index (χ0n) is 5.43. The Morgan fingerprint density at radius 1 is 1.33 bits per heavy atom. The fourth-order valence-electron chi connectivity index (χ4n) is 0.558. The maximum Gasteiger partial charge on any atom is 0.176 e. The molecule has 0 heterocycles. The van der Waals surface area contributed by atoms with E-state index in [9.17, 15) is 0 Å². The summed E-state index contributed by atoms with van der Waals surface area (Å²) in [4.78, 5) is 0. The molecule has 0 aliphatic rings. The van der Waals surface area contributed by atoms with E-state index in [0.29, 0.717) is 0 Å². The summed E-state index contributed by atoms with van der Waals surface area (Å²) in [5.74, 6) is 0. The first-order valence-corrected chi connectivity index (χ1v) is 3.14. The van der Waals surface area contributed by atoms with Gasteiger partial charge in [-0.15, -0.1) is 0 Å². The number of aliphatic hydroxyl groups is 1. The molecule has 0 aliphatic carbocycles. The number of nitriles is 1. The molecule has 0 aromatic rings. The average Bonchev–Trinajstić information content (AvgIpc) is 1.89. The second kappa shape index (κ2) is 7.25. The summed E-state index contributed by atoms with van der Waals surface area (Å²) in [5.41, 5.74) is 0. The summed E-state index contributed by atoms with van der Waals surface area (Å²) < 4.78 is 0. The van der Waals surface area contributed by atoms with Crippen molar-refractivity contribution in [1.82, 2.24) is 5.32 Å². The van der Waals surface area contributed by atoms with Crippen molar-refractivity contribution in [2.75, 3.05) is 13.2 Å².